The Morgan fingerprint density at radius 3 is 2.50 bits per heavy atom. The Kier molecular flexibility index (Phi) is 5.69. The van der Waals surface area contributed by atoms with Crippen LogP contribution in [0.3, 0.4) is 0 Å². The lowest BCUT2D eigenvalue weighted by Crippen LogP contribution is -2.31. The first-order valence-electron chi connectivity index (χ1n) is 7.77. The first kappa shape index (κ1) is 19.5. The number of aryl methyl sites for hydroxylation is 1. The minimum atomic E-state index is -4.47. The Labute approximate surface area is 149 Å². The van der Waals surface area contributed by atoms with Gasteiger partial charge in [0.15, 0.2) is 0 Å². The molecular weight excluding hydrogens is 347 g/mol. The van der Waals surface area contributed by atoms with Crippen LogP contribution < -0.4 is 10.2 Å². The number of nitrogens with one attached hydrogen (secondary N) is 1. The van der Waals surface area contributed by atoms with E-state index in [0.717, 1.165) is 12.1 Å². The third kappa shape index (κ3) is 4.84. The van der Waals surface area contributed by atoms with Gasteiger partial charge in [-0.25, -0.2) is 14.8 Å². The molecule has 0 aliphatic rings. The van der Waals surface area contributed by atoms with Gasteiger partial charge in [0.05, 0.1) is 17.8 Å². The maximum atomic E-state index is 12.8. The van der Waals surface area contributed by atoms with Crippen molar-refractivity contribution in [1.29, 1.82) is 0 Å². The van der Waals surface area contributed by atoms with Crippen molar-refractivity contribution in [2.75, 3.05) is 31.4 Å². The Hall–Kier alpha value is -2.84. The van der Waals surface area contributed by atoms with Crippen LogP contribution in [-0.2, 0) is 12.7 Å². The molecule has 0 saturated heterocycles. The molecule has 9 heteroatoms. The molecule has 2 rings (SSSR count). The van der Waals surface area contributed by atoms with Crippen molar-refractivity contribution in [3.63, 3.8) is 0 Å². The predicted molar refractivity (Wildman–Crippen MR) is 93.0 cm³/mol. The number of nitrogens with zero attached hydrogens (tertiary/aromatic N) is 4. The van der Waals surface area contributed by atoms with Crippen LogP contribution >= 0.6 is 0 Å². The monoisotopic (exact) mass is 367 g/mol. The van der Waals surface area contributed by atoms with E-state index < -0.39 is 17.8 Å². The highest BCUT2D eigenvalue weighted by molar-refractivity contribution is 5.90. The van der Waals surface area contributed by atoms with Crippen molar-refractivity contribution < 1.29 is 18.0 Å². The van der Waals surface area contributed by atoms with Gasteiger partial charge in [0, 0.05) is 33.0 Å². The molecule has 1 aromatic heterocycles. The molecule has 0 fully saturated rings. The lowest BCUT2D eigenvalue weighted by molar-refractivity contribution is -0.137. The van der Waals surface area contributed by atoms with Crippen molar-refractivity contribution >= 4 is 17.7 Å². The molecule has 0 aliphatic carbocycles. The average molecular weight is 367 g/mol. The highest BCUT2D eigenvalue weighted by Gasteiger charge is 2.31. The second-order valence-corrected chi connectivity index (χ2v) is 6.06. The average Bonchev–Trinajstić information content (AvgIpc) is 2.55. The zero-order chi connectivity index (χ0) is 19.5. The molecule has 0 bridgehead atoms. The number of halogens is 3. The van der Waals surface area contributed by atoms with E-state index >= 15 is 0 Å². The van der Waals surface area contributed by atoms with Gasteiger partial charge >= 0.3 is 12.2 Å². The number of aromatic nitrogens is 2. The van der Waals surface area contributed by atoms with Crippen LogP contribution in [0.15, 0.2) is 30.5 Å². The van der Waals surface area contributed by atoms with Crippen LogP contribution in [0.4, 0.5) is 29.6 Å². The van der Waals surface area contributed by atoms with E-state index in [1.54, 1.807) is 38.2 Å². The summed E-state index contributed by atoms with van der Waals surface area (Å²) in [6.07, 6.45) is -2.89. The van der Waals surface area contributed by atoms with Crippen LogP contribution in [0.2, 0.25) is 0 Å². The molecule has 1 aromatic carbocycles. The standard InChI is InChI=1S/C17H20F3N5O/c1-11-5-6-12(17(18,19)20)9-14(11)23-16(26)25(4)10-13-7-8-21-15(22-13)24(2)3/h5-9H,10H2,1-4H3,(H,23,26). The van der Waals surface area contributed by atoms with Gasteiger partial charge in [-0.3, -0.25) is 0 Å². The van der Waals surface area contributed by atoms with Crippen LogP contribution in [0.1, 0.15) is 16.8 Å². The number of hydrogen-bond donors (Lipinski definition) is 1. The summed E-state index contributed by atoms with van der Waals surface area (Å²) in [7, 11) is 5.13. The first-order valence-corrected chi connectivity index (χ1v) is 7.77. The molecule has 1 N–H and O–H groups in total. The lowest BCUT2D eigenvalue weighted by Gasteiger charge is -2.20. The SMILES string of the molecule is Cc1ccc(C(F)(F)F)cc1NC(=O)N(C)Cc1ccnc(N(C)C)n1. The van der Waals surface area contributed by atoms with Crippen molar-refractivity contribution in [2.45, 2.75) is 19.6 Å². The number of alkyl halides is 3. The predicted octanol–water partition coefficient (Wildman–Crippen LogP) is 3.53. The summed E-state index contributed by atoms with van der Waals surface area (Å²) in [5.74, 6) is 0.505. The van der Waals surface area contributed by atoms with Crippen molar-refractivity contribution in [3.05, 3.63) is 47.3 Å². The maximum absolute atomic E-state index is 12.8. The molecule has 26 heavy (non-hydrogen) atoms. The van der Waals surface area contributed by atoms with Crippen molar-refractivity contribution in [1.82, 2.24) is 14.9 Å². The highest BCUT2D eigenvalue weighted by atomic mass is 19.4. The van der Waals surface area contributed by atoms with Gasteiger partial charge in [-0.05, 0) is 30.7 Å². The molecule has 6 nitrogen and oxygen atoms in total. The summed E-state index contributed by atoms with van der Waals surface area (Å²) in [5, 5.41) is 2.51. The Balaban J connectivity index is 2.11. The topological polar surface area (TPSA) is 61.4 Å². The van der Waals surface area contributed by atoms with Gasteiger partial charge in [-0.1, -0.05) is 6.07 Å². The van der Waals surface area contributed by atoms with Gasteiger partial charge in [0.25, 0.3) is 0 Å². The largest absolute Gasteiger partial charge is 0.416 e. The zero-order valence-electron chi connectivity index (χ0n) is 14.9. The number of anilines is 2. The fourth-order valence-electron chi connectivity index (χ4n) is 2.15. The molecule has 0 saturated carbocycles. The zero-order valence-corrected chi connectivity index (χ0v) is 14.9. The minimum Gasteiger partial charge on any atom is -0.347 e. The fraction of sp³-hybridized carbons (Fsp3) is 0.353. The van der Waals surface area contributed by atoms with Gasteiger partial charge in [-0.15, -0.1) is 0 Å². The number of benzene rings is 1. The van der Waals surface area contributed by atoms with Crippen molar-refractivity contribution in [2.24, 2.45) is 0 Å². The van der Waals surface area contributed by atoms with Gasteiger partial charge in [-0.2, -0.15) is 13.2 Å². The molecule has 2 amide bonds. The number of carbonyl (C=O) groups excluding carboxylic acids is 1. The second-order valence-electron chi connectivity index (χ2n) is 6.06. The summed E-state index contributed by atoms with van der Waals surface area (Å²) < 4.78 is 38.5. The summed E-state index contributed by atoms with van der Waals surface area (Å²) >= 11 is 0. The summed E-state index contributed by atoms with van der Waals surface area (Å²) in [6.45, 7) is 1.82. The Bertz CT molecular complexity index is 792. The van der Waals surface area contributed by atoms with E-state index in [1.165, 1.54) is 18.0 Å². The molecule has 0 atom stereocenters. The van der Waals surface area contributed by atoms with E-state index in [0.29, 0.717) is 17.2 Å². The number of amides is 2. The van der Waals surface area contributed by atoms with Gasteiger partial charge in [0.1, 0.15) is 0 Å². The van der Waals surface area contributed by atoms with Gasteiger partial charge in [0.2, 0.25) is 5.95 Å². The molecule has 140 valence electrons. The van der Waals surface area contributed by atoms with Crippen LogP contribution in [0.25, 0.3) is 0 Å². The molecule has 2 aromatic rings. The normalized spacial score (nSPS) is 11.2. The minimum absolute atomic E-state index is 0.119. The smallest absolute Gasteiger partial charge is 0.347 e. The summed E-state index contributed by atoms with van der Waals surface area (Å²) in [5.41, 5.74) is 0.458. The van der Waals surface area contributed by atoms with Gasteiger partial charge < -0.3 is 15.1 Å². The first-order chi connectivity index (χ1) is 12.1. The molecule has 1 heterocycles. The summed E-state index contributed by atoms with van der Waals surface area (Å²) in [4.78, 5) is 23.8. The highest BCUT2D eigenvalue weighted by Crippen LogP contribution is 2.32. The Morgan fingerprint density at radius 1 is 1.19 bits per heavy atom. The molecular formula is C17H20F3N5O. The fourth-order valence-corrected chi connectivity index (χ4v) is 2.15. The number of hydrogen-bond acceptors (Lipinski definition) is 4. The van der Waals surface area contributed by atoms with Crippen LogP contribution in [0, 0.1) is 6.92 Å². The number of carbonyl (C=O) groups is 1. The molecule has 0 spiro atoms. The van der Waals surface area contributed by atoms with Crippen LogP contribution in [-0.4, -0.2) is 42.0 Å². The third-order valence-electron chi connectivity index (χ3n) is 3.65. The second kappa shape index (κ2) is 7.59. The Morgan fingerprint density at radius 2 is 1.88 bits per heavy atom. The maximum Gasteiger partial charge on any atom is 0.416 e. The van der Waals surface area contributed by atoms with E-state index in [4.69, 9.17) is 0 Å². The summed E-state index contributed by atoms with van der Waals surface area (Å²) in [6, 6.07) is 4.38. The lowest BCUT2D eigenvalue weighted by atomic mass is 10.1. The van der Waals surface area contributed by atoms with Crippen LogP contribution in [0.5, 0.6) is 0 Å². The van der Waals surface area contributed by atoms with E-state index in [1.807, 2.05) is 0 Å². The number of rotatable bonds is 4. The van der Waals surface area contributed by atoms with E-state index in [2.05, 4.69) is 15.3 Å². The van der Waals surface area contributed by atoms with E-state index in [-0.39, 0.29) is 12.2 Å². The van der Waals surface area contributed by atoms with Crippen molar-refractivity contribution in [3.8, 4) is 0 Å². The molecule has 0 radical (unpaired) electrons. The molecule has 0 unspecified atom stereocenters. The van der Waals surface area contributed by atoms with E-state index in [9.17, 15) is 18.0 Å². The quantitative estimate of drug-likeness (QED) is 0.898. The number of urea groups is 1. The molecule has 0 aliphatic heterocycles. The third-order valence-corrected chi connectivity index (χ3v) is 3.65.